The molecule has 0 rings (SSSR count). The fourth-order valence-electron chi connectivity index (χ4n) is 0.472. The van der Waals surface area contributed by atoms with Crippen LogP contribution in [0.5, 0.6) is 0 Å². The van der Waals surface area contributed by atoms with E-state index in [9.17, 15) is 22.9 Å². The zero-order chi connectivity index (χ0) is 10.5. The van der Waals surface area contributed by atoms with Crippen LogP contribution in [0.4, 0.5) is 13.2 Å². The largest absolute Gasteiger partial charge is 0.471 e. The molecule has 13 heavy (non-hydrogen) atoms. The van der Waals surface area contributed by atoms with Crippen LogP contribution >= 0.6 is 0 Å². The van der Waals surface area contributed by atoms with E-state index in [1.54, 1.807) is 5.32 Å². The molecule has 0 aliphatic rings. The Morgan fingerprint density at radius 2 is 2.08 bits per heavy atom. The van der Waals surface area contributed by atoms with Crippen molar-refractivity contribution in [3.63, 3.8) is 0 Å². The molecule has 76 valence electrons. The van der Waals surface area contributed by atoms with Crippen LogP contribution in [0.25, 0.3) is 0 Å². The van der Waals surface area contributed by atoms with Crippen molar-refractivity contribution in [2.75, 3.05) is 20.1 Å². The molecule has 8 heteroatoms. The molecule has 0 fully saturated rings. The lowest BCUT2D eigenvalue weighted by Gasteiger charge is -2.10. The topological polar surface area (TPSA) is 61.8 Å². The Bertz CT molecular complexity index is 194. The Balaban J connectivity index is 3.66. The number of carbonyl (C=O) groups is 1. The van der Waals surface area contributed by atoms with E-state index in [2.05, 4.69) is 5.29 Å². The van der Waals surface area contributed by atoms with Gasteiger partial charge in [-0.15, -0.1) is 4.91 Å². The number of hydrogen-bond donors (Lipinski definition) is 1. The van der Waals surface area contributed by atoms with Crippen molar-refractivity contribution >= 4 is 5.91 Å². The van der Waals surface area contributed by atoms with Gasteiger partial charge in [0.15, 0.2) is 0 Å². The number of rotatable bonds is 4. The summed E-state index contributed by atoms with van der Waals surface area (Å²) in [4.78, 5) is 19.9. The third-order valence-electron chi connectivity index (χ3n) is 1.12. The number of amides is 1. The highest BCUT2D eigenvalue weighted by atomic mass is 19.4. The maximum atomic E-state index is 11.5. The van der Waals surface area contributed by atoms with Crippen molar-refractivity contribution in [1.82, 2.24) is 10.3 Å². The summed E-state index contributed by atoms with van der Waals surface area (Å²) < 4.78 is 34.6. The number of carbonyl (C=O) groups excluding carboxylic acids is 1. The summed E-state index contributed by atoms with van der Waals surface area (Å²) in [5.74, 6) is -2.02. The highest BCUT2D eigenvalue weighted by molar-refractivity contribution is 5.81. The fourth-order valence-corrected chi connectivity index (χ4v) is 0.472. The summed E-state index contributed by atoms with van der Waals surface area (Å²) in [5.41, 5.74) is 0. The third kappa shape index (κ3) is 4.99. The number of alkyl halides is 3. The normalized spacial score (nSPS) is 10.8. The molecular weight excluding hydrogens is 191 g/mol. The summed E-state index contributed by atoms with van der Waals surface area (Å²) in [6.07, 6.45) is -4.88. The van der Waals surface area contributed by atoms with E-state index >= 15 is 0 Å². The molecular formula is C5H8F3N3O2. The molecule has 0 spiro atoms. The van der Waals surface area contributed by atoms with Crippen LogP contribution in [0.1, 0.15) is 0 Å². The van der Waals surface area contributed by atoms with Crippen LogP contribution in [-0.4, -0.2) is 37.2 Å². The maximum Gasteiger partial charge on any atom is 0.471 e. The van der Waals surface area contributed by atoms with Gasteiger partial charge in [-0.2, -0.15) is 13.2 Å². The minimum atomic E-state index is -4.88. The van der Waals surface area contributed by atoms with Crippen LogP contribution in [0.2, 0.25) is 0 Å². The van der Waals surface area contributed by atoms with E-state index in [0.717, 1.165) is 5.01 Å². The standard InChI is InChI=1S/C5H8F3N3O2/c1-11(10-13)3-2-9-4(12)5(6,7)8/h2-3H2,1H3,(H,9,12). The quantitative estimate of drug-likeness (QED) is 0.522. The monoisotopic (exact) mass is 199 g/mol. The van der Waals surface area contributed by atoms with Gasteiger partial charge in [0.05, 0.1) is 11.8 Å². The molecule has 0 aromatic heterocycles. The maximum absolute atomic E-state index is 11.5. The molecule has 0 saturated heterocycles. The average molecular weight is 199 g/mol. The van der Waals surface area contributed by atoms with Crippen LogP contribution in [0.15, 0.2) is 5.29 Å². The van der Waals surface area contributed by atoms with E-state index in [-0.39, 0.29) is 13.1 Å². The van der Waals surface area contributed by atoms with Gasteiger partial charge in [-0.1, -0.05) is 0 Å². The van der Waals surface area contributed by atoms with Gasteiger partial charge in [0.25, 0.3) is 0 Å². The number of likely N-dealkylation sites (N-methyl/N-ethyl adjacent to an activating group) is 1. The van der Waals surface area contributed by atoms with Crippen molar-refractivity contribution in [3.8, 4) is 0 Å². The SMILES string of the molecule is CN(CCNC(=O)C(F)(F)F)N=O. The highest BCUT2D eigenvalue weighted by Crippen LogP contribution is 2.13. The molecule has 1 amide bonds. The molecule has 0 radical (unpaired) electrons. The predicted molar refractivity (Wildman–Crippen MR) is 37.5 cm³/mol. The molecule has 0 bridgehead atoms. The summed E-state index contributed by atoms with van der Waals surface area (Å²) in [6, 6.07) is 0. The number of hydrogen-bond acceptors (Lipinski definition) is 3. The van der Waals surface area contributed by atoms with E-state index in [1.165, 1.54) is 7.05 Å². The van der Waals surface area contributed by atoms with Crippen molar-refractivity contribution in [2.45, 2.75) is 6.18 Å². The first-order chi connectivity index (χ1) is 5.88. The van der Waals surface area contributed by atoms with Gasteiger partial charge in [-0.25, -0.2) is 0 Å². The third-order valence-corrected chi connectivity index (χ3v) is 1.12. The molecule has 0 aliphatic heterocycles. The van der Waals surface area contributed by atoms with Crippen molar-refractivity contribution in [3.05, 3.63) is 4.91 Å². The second-order valence-corrected chi connectivity index (χ2v) is 2.22. The zero-order valence-electron chi connectivity index (χ0n) is 6.76. The van der Waals surface area contributed by atoms with Gasteiger partial charge in [0.1, 0.15) is 0 Å². The fraction of sp³-hybridized carbons (Fsp3) is 0.800. The van der Waals surface area contributed by atoms with Crippen LogP contribution in [0, 0.1) is 4.91 Å². The Hall–Kier alpha value is -1.34. The van der Waals surface area contributed by atoms with E-state index in [0.29, 0.717) is 0 Å². The van der Waals surface area contributed by atoms with Crippen molar-refractivity contribution in [2.24, 2.45) is 5.29 Å². The molecule has 0 aromatic rings. The average Bonchev–Trinajstić information content (AvgIpc) is 2.02. The van der Waals surface area contributed by atoms with Crippen LogP contribution in [-0.2, 0) is 4.79 Å². The summed E-state index contributed by atoms with van der Waals surface area (Å²) >= 11 is 0. The lowest BCUT2D eigenvalue weighted by Crippen LogP contribution is -2.39. The van der Waals surface area contributed by atoms with Crippen LogP contribution < -0.4 is 5.32 Å². The Labute approximate surface area is 71.8 Å². The summed E-state index contributed by atoms with van der Waals surface area (Å²) in [5, 5.41) is 4.85. The number of nitrogens with one attached hydrogen (secondary N) is 1. The van der Waals surface area contributed by atoms with Gasteiger partial charge in [-0.3, -0.25) is 9.80 Å². The smallest absolute Gasteiger partial charge is 0.346 e. The van der Waals surface area contributed by atoms with Gasteiger partial charge in [0.2, 0.25) is 0 Å². The number of nitroso groups, excluding NO2 is 1. The minimum absolute atomic E-state index is 0.0642. The highest BCUT2D eigenvalue weighted by Gasteiger charge is 2.38. The van der Waals surface area contributed by atoms with E-state index in [4.69, 9.17) is 0 Å². The second-order valence-electron chi connectivity index (χ2n) is 2.22. The van der Waals surface area contributed by atoms with Crippen LogP contribution in [0.3, 0.4) is 0 Å². The second kappa shape index (κ2) is 4.63. The summed E-state index contributed by atoms with van der Waals surface area (Å²) in [7, 11) is 1.28. The first-order valence-electron chi connectivity index (χ1n) is 3.27. The molecule has 1 N–H and O–H groups in total. The lowest BCUT2D eigenvalue weighted by atomic mass is 10.5. The molecule has 0 aliphatic carbocycles. The Morgan fingerprint density at radius 3 is 2.46 bits per heavy atom. The number of halogens is 3. The first-order valence-corrected chi connectivity index (χ1v) is 3.27. The zero-order valence-corrected chi connectivity index (χ0v) is 6.76. The summed E-state index contributed by atoms with van der Waals surface area (Å²) in [6.45, 7) is -0.341. The molecule has 5 nitrogen and oxygen atoms in total. The van der Waals surface area contributed by atoms with Crippen molar-refractivity contribution < 1.29 is 18.0 Å². The molecule has 0 saturated carbocycles. The van der Waals surface area contributed by atoms with Gasteiger partial charge in [0, 0.05) is 13.6 Å². The molecule has 0 unspecified atom stereocenters. The van der Waals surface area contributed by atoms with Crippen molar-refractivity contribution in [1.29, 1.82) is 0 Å². The Kier molecular flexibility index (Phi) is 4.15. The van der Waals surface area contributed by atoms with E-state index in [1.807, 2.05) is 0 Å². The number of nitrogens with zero attached hydrogens (tertiary/aromatic N) is 2. The van der Waals surface area contributed by atoms with Gasteiger partial charge < -0.3 is 5.32 Å². The first kappa shape index (κ1) is 11.7. The Morgan fingerprint density at radius 1 is 1.54 bits per heavy atom. The molecule has 0 heterocycles. The minimum Gasteiger partial charge on any atom is -0.346 e. The van der Waals surface area contributed by atoms with Gasteiger partial charge in [-0.05, 0) is 0 Å². The predicted octanol–water partition coefficient (Wildman–Crippen LogP) is 0.278. The molecule has 0 aromatic carbocycles. The van der Waals surface area contributed by atoms with E-state index < -0.39 is 12.1 Å². The van der Waals surface area contributed by atoms with Gasteiger partial charge >= 0.3 is 12.1 Å². The lowest BCUT2D eigenvalue weighted by molar-refractivity contribution is -0.173. The molecule has 0 atom stereocenters.